The van der Waals surface area contributed by atoms with Crippen LogP contribution in [0.15, 0.2) is 12.1 Å². The van der Waals surface area contributed by atoms with E-state index in [1.807, 2.05) is 6.92 Å². The third-order valence-corrected chi connectivity index (χ3v) is 2.68. The molecule has 1 atom stereocenters. The van der Waals surface area contributed by atoms with Gasteiger partial charge >= 0.3 is 11.7 Å². The second kappa shape index (κ2) is 6.67. The Hall–Kier alpha value is -2.18. The molecule has 7 heteroatoms. The predicted molar refractivity (Wildman–Crippen MR) is 70.2 cm³/mol. The third-order valence-electron chi connectivity index (χ3n) is 2.68. The van der Waals surface area contributed by atoms with Crippen molar-refractivity contribution < 1.29 is 14.8 Å². The van der Waals surface area contributed by atoms with Gasteiger partial charge in [-0.2, -0.15) is 0 Å². The molecule has 0 aliphatic rings. The number of rotatable bonds is 7. The molecule has 0 aromatic carbocycles. The maximum absolute atomic E-state index is 10.8. The van der Waals surface area contributed by atoms with Crippen molar-refractivity contribution in [3.63, 3.8) is 0 Å². The lowest BCUT2D eigenvalue weighted by molar-refractivity contribution is -0.384. The Labute approximate surface area is 110 Å². The molecule has 7 nitrogen and oxygen atoms in total. The van der Waals surface area contributed by atoms with Gasteiger partial charge in [0.25, 0.3) is 0 Å². The molecule has 1 aromatic rings. The van der Waals surface area contributed by atoms with Crippen LogP contribution in [0.3, 0.4) is 0 Å². The Morgan fingerprint density at radius 3 is 2.84 bits per heavy atom. The van der Waals surface area contributed by atoms with E-state index in [0.29, 0.717) is 18.7 Å². The van der Waals surface area contributed by atoms with Gasteiger partial charge in [0.1, 0.15) is 0 Å². The first kappa shape index (κ1) is 14.9. The average molecular weight is 267 g/mol. The van der Waals surface area contributed by atoms with Gasteiger partial charge in [0.05, 0.1) is 4.92 Å². The van der Waals surface area contributed by atoms with Crippen LogP contribution in [0, 0.1) is 23.0 Å². The third kappa shape index (κ3) is 4.90. The van der Waals surface area contributed by atoms with Gasteiger partial charge in [-0.15, -0.1) is 0 Å². The number of carbonyl (C=O) groups is 1. The second-order valence-corrected chi connectivity index (χ2v) is 4.50. The number of aromatic nitrogens is 1. The smallest absolute Gasteiger partial charge is 0.311 e. The quantitative estimate of drug-likeness (QED) is 0.579. The van der Waals surface area contributed by atoms with E-state index >= 15 is 0 Å². The molecule has 0 aliphatic carbocycles. The fourth-order valence-corrected chi connectivity index (χ4v) is 1.57. The van der Waals surface area contributed by atoms with Crippen LogP contribution in [0.5, 0.6) is 0 Å². The van der Waals surface area contributed by atoms with Gasteiger partial charge in [-0.3, -0.25) is 14.9 Å². The molecule has 1 aromatic heterocycles. The van der Waals surface area contributed by atoms with E-state index in [1.165, 1.54) is 6.07 Å². The van der Waals surface area contributed by atoms with E-state index in [-0.39, 0.29) is 23.8 Å². The van der Waals surface area contributed by atoms with E-state index in [2.05, 4.69) is 10.3 Å². The van der Waals surface area contributed by atoms with E-state index in [4.69, 9.17) is 5.11 Å². The molecule has 104 valence electrons. The van der Waals surface area contributed by atoms with Gasteiger partial charge in [-0.1, -0.05) is 6.92 Å². The SMILES string of the molecule is Cc1ccc([N+](=O)[O-])c(NCC(C)CCC(=O)O)n1. The molecule has 0 bridgehead atoms. The topological polar surface area (TPSA) is 105 Å². The summed E-state index contributed by atoms with van der Waals surface area (Å²) in [4.78, 5) is 24.9. The first-order valence-electron chi connectivity index (χ1n) is 5.98. The van der Waals surface area contributed by atoms with Gasteiger partial charge in [-0.25, -0.2) is 4.98 Å². The number of nitrogens with zero attached hydrogens (tertiary/aromatic N) is 2. The maximum atomic E-state index is 10.8. The highest BCUT2D eigenvalue weighted by Gasteiger charge is 2.15. The van der Waals surface area contributed by atoms with E-state index in [9.17, 15) is 14.9 Å². The molecular formula is C12H17N3O4. The minimum atomic E-state index is -0.841. The van der Waals surface area contributed by atoms with Crippen LogP contribution in [0.4, 0.5) is 11.5 Å². The molecule has 0 fully saturated rings. The first-order valence-corrected chi connectivity index (χ1v) is 5.98. The van der Waals surface area contributed by atoms with Crippen molar-refractivity contribution in [2.75, 3.05) is 11.9 Å². The summed E-state index contributed by atoms with van der Waals surface area (Å²) >= 11 is 0. The van der Waals surface area contributed by atoms with Crippen LogP contribution in [0.25, 0.3) is 0 Å². The lowest BCUT2D eigenvalue weighted by Gasteiger charge is -2.12. The van der Waals surface area contributed by atoms with Crippen LogP contribution in [-0.2, 0) is 4.79 Å². The fourth-order valence-electron chi connectivity index (χ4n) is 1.57. The highest BCUT2D eigenvalue weighted by atomic mass is 16.6. The number of carboxylic acid groups (broad SMARTS) is 1. The fraction of sp³-hybridized carbons (Fsp3) is 0.500. The minimum Gasteiger partial charge on any atom is -0.481 e. The summed E-state index contributed by atoms with van der Waals surface area (Å²) in [7, 11) is 0. The predicted octanol–water partition coefficient (Wildman–Crippen LogP) is 2.21. The lowest BCUT2D eigenvalue weighted by atomic mass is 10.1. The normalized spacial score (nSPS) is 11.9. The Bertz CT molecular complexity index is 476. The summed E-state index contributed by atoms with van der Waals surface area (Å²) in [6, 6.07) is 2.99. The lowest BCUT2D eigenvalue weighted by Crippen LogP contribution is -2.14. The molecule has 1 heterocycles. The molecule has 0 spiro atoms. The number of hydrogen-bond donors (Lipinski definition) is 2. The number of pyridine rings is 1. The molecule has 0 saturated carbocycles. The standard InChI is InChI=1S/C12H17N3O4/c1-8(3-6-11(16)17)7-13-12-10(15(18)19)5-4-9(2)14-12/h4-5,8H,3,6-7H2,1-2H3,(H,13,14)(H,16,17). The van der Waals surface area contributed by atoms with Crippen LogP contribution in [0.1, 0.15) is 25.5 Å². The van der Waals surface area contributed by atoms with E-state index < -0.39 is 10.9 Å². The van der Waals surface area contributed by atoms with Crippen LogP contribution < -0.4 is 5.32 Å². The van der Waals surface area contributed by atoms with Crippen LogP contribution in [0.2, 0.25) is 0 Å². The zero-order chi connectivity index (χ0) is 14.4. The number of aliphatic carboxylic acids is 1. The molecule has 0 radical (unpaired) electrons. The molecular weight excluding hydrogens is 250 g/mol. The zero-order valence-electron chi connectivity index (χ0n) is 10.9. The van der Waals surface area contributed by atoms with E-state index in [1.54, 1.807) is 13.0 Å². The molecule has 0 aliphatic heterocycles. The summed E-state index contributed by atoms with van der Waals surface area (Å²) < 4.78 is 0. The van der Waals surface area contributed by atoms with Gasteiger partial charge in [-0.05, 0) is 25.3 Å². The number of nitrogens with one attached hydrogen (secondary N) is 1. The molecule has 19 heavy (non-hydrogen) atoms. The van der Waals surface area contributed by atoms with Crippen molar-refractivity contribution in [3.8, 4) is 0 Å². The molecule has 0 saturated heterocycles. The summed E-state index contributed by atoms with van der Waals surface area (Å²) in [6.07, 6.45) is 0.605. The van der Waals surface area contributed by atoms with Crippen molar-refractivity contribution >= 4 is 17.5 Å². The summed E-state index contributed by atoms with van der Waals surface area (Å²) in [5.74, 6) is -0.517. The van der Waals surface area contributed by atoms with Crippen molar-refractivity contribution in [1.82, 2.24) is 4.98 Å². The summed E-state index contributed by atoms with van der Waals surface area (Å²) in [5, 5.41) is 22.3. The highest BCUT2D eigenvalue weighted by molar-refractivity contribution is 5.66. The molecule has 0 amide bonds. The van der Waals surface area contributed by atoms with Gasteiger partial charge in [0, 0.05) is 24.7 Å². The second-order valence-electron chi connectivity index (χ2n) is 4.50. The molecule has 1 unspecified atom stereocenters. The highest BCUT2D eigenvalue weighted by Crippen LogP contribution is 2.22. The molecule has 1 rings (SSSR count). The summed E-state index contributed by atoms with van der Waals surface area (Å²) in [5.41, 5.74) is 0.613. The Kier molecular flexibility index (Phi) is 5.23. The van der Waals surface area contributed by atoms with Crippen molar-refractivity contribution in [2.24, 2.45) is 5.92 Å². The maximum Gasteiger partial charge on any atom is 0.311 e. The minimum absolute atomic E-state index is 0.0731. The zero-order valence-corrected chi connectivity index (χ0v) is 10.9. The van der Waals surface area contributed by atoms with Gasteiger partial charge in [0.2, 0.25) is 5.82 Å². The van der Waals surface area contributed by atoms with Gasteiger partial charge < -0.3 is 10.4 Å². The Morgan fingerprint density at radius 2 is 2.26 bits per heavy atom. The number of nitro groups is 1. The van der Waals surface area contributed by atoms with Crippen molar-refractivity contribution in [3.05, 3.63) is 27.9 Å². The first-order chi connectivity index (χ1) is 8.90. The van der Waals surface area contributed by atoms with Crippen molar-refractivity contribution in [1.29, 1.82) is 0 Å². The van der Waals surface area contributed by atoms with Crippen molar-refractivity contribution in [2.45, 2.75) is 26.7 Å². The largest absolute Gasteiger partial charge is 0.481 e. The Balaban J connectivity index is 2.63. The van der Waals surface area contributed by atoms with Crippen LogP contribution in [-0.4, -0.2) is 27.5 Å². The Morgan fingerprint density at radius 1 is 1.58 bits per heavy atom. The number of anilines is 1. The van der Waals surface area contributed by atoms with Crippen LogP contribution >= 0.6 is 0 Å². The summed E-state index contributed by atoms with van der Waals surface area (Å²) in [6.45, 7) is 4.09. The van der Waals surface area contributed by atoms with Gasteiger partial charge in [0.15, 0.2) is 0 Å². The number of aryl methyl sites for hydroxylation is 1. The average Bonchev–Trinajstić information content (AvgIpc) is 2.33. The monoisotopic (exact) mass is 267 g/mol. The van der Waals surface area contributed by atoms with E-state index in [0.717, 1.165) is 0 Å². The number of hydrogen-bond acceptors (Lipinski definition) is 5. The molecule has 2 N–H and O–H groups in total. The number of carboxylic acids is 1.